The Bertz CT molecular complexity index is 581. The van der Waals surface area contributed by atoms with Gasteiger partial charge >= 0.3 is 0 Å². The molecule has 1 aliphatic rings. The number of ether oxygens (including phenoxy) is 2. The Balaban J connectivity index is 1.75. The van der Waals surface area contributed by atoms with E-state index in [0.717, 1.165) is 41.5 Å². The molecule has 0 saturated heterocycles. The summed E-state index contributed by atoms with van der Waals surface area (Å²) in [5, 5.41) is 3.47. The molecule has 2 heterocycles. The summed E-state index contributed by atoms with van der Waals surface area (Å²) in [6.45, 7) is 4.31. The third-order valence-electron chi connectivity index (χ3n) is 3.59. The van der Waals surface area contributed by atoms with Crippen LogP contribution in [0.4, 0.5) is 0 Å². The average Bonchev–Trinajstić information content (AvgIpc) is 3.17. The number of aromatic nitrogens is 2. The first kappa shape index (κ1) is 13.9. The van der Waals surface area contributed by atoms with Gasteiger partial charge in [0.05, 0.1) is 0 Å². The predicted octanol–water partition coefficient (Wildman–Crippen LogP) is 3.09. The molecule has 1 aliphatic heterocycles. The largest absolute Gasteiger partial charge is 0.454 e. The highest BCUT2D eigenvalue weighted by Gasteiger charge is 2.20. The number of hydrogen-bond acceptors (Lipinski definition) is 4. The molecule has 5 nitrogen and oxygen atoms in total. The van der Waals surface area contributed by atoms with Crippen molar-refractivity contribution in [1.29, 1.82) is 0 Å². The number of unbranched alkanes of at least 4 members (excludes halogenated alkanes) is 2. The van der Waals surface area contributed by atoms with Crippen LogP contribution in [0.5, 0.6) is 11.5 Å². The molecular formula is C16H21N3O2. The molecule has 0 aliphatic carbocycles. The van der Waals surface area contributed by atoms with Crippen LogP contribution in [-0.4, -0.2) is 23.3 Å². The minimum atomic E-state index is 0.291. The predicted molar refractivity (Wildman–Crippen MR) is 81.4 cm³/mol. The smallest absolute Gasteiger partial charge is 0.231 e. The first-order valence-corrected chi connectivity index (χ1v) is 7.51. The molecule has 5 heteroatoms. The van der Waals surface area contributed by atoms with Crippen LogP contribution in [0.25, 0.3) is 11.4 Å². The van der Waals surface area contributed by atoms with Crippen LogP contribution in [0.15, 0.2) is 24.5 Å². The van der Waals surface area contributed by atoms with Crippen molar-refractivity contribution >= 4 is 0 Å². The van der Waals surface area contributed by atoms with Crippen molar-refractivity contribution in [3.8, 4) is 22.9 Å². The standard InChI is InChI=1S/C16H21N3O2/c1-2-3-4-5-17-10-13-8-12(16-18-6-7-19-16)9-14-15(13)21-11-20-14/h6-9,17H,2-5,10-11H2,1H3,(H,18,19). The van der Waals surface area contributed by atoms with E-state index in [9.17, 15) is 0 Å². The molecule has 0 fully saturated rings. The fourth-order valence-electron chi connectivity index (χ4n) is 2.50. The lowest BCUT2D eigenvalue weighted by molar-refractivity contribution is 0.173. The zero-order valence-electron chi connectivity index (χ0n) is 12.3. The second-order valence-corrected chi connectivity index (χ2v) is 5.19. The van der Waals surface area contributed by atoms with E-state index in [1.165, 1.54) is 19.3 Å². The van der Waals surface area contributed by atoms with Crippen LogP contribution >= 0.6 is 0 Å². The molecule has 1 aromatic carbocycles. The van der Waals surface area contributed by atoms with E-state index in [-0.39, 0.29) is 0 Å². The van der Waals surface area contributed by atoms with E-state index in [2.05, 4.69) is 28.3 Å². The number of rotatable bonds is 7. The van der Waals surface area contributed by atoms with Gasteiger partial charge in [-0.05, 0) is 25.1 Å². The van der Waals surface area contributed by atoms with Crippen molar-refractivity contribution in [2.75, 3.05) is 13.3 Å². The summed E-state index contributed by atoms with van der Waals surface area (Å²) >= 11 is 0. The molecule has 0 bridgehead atoms. The molecule has 21 heavy (non-hydrogen) atoms. The fraction of sp³-hybridized carbons (Fsp3) is 0.438. The summed E-state index contributed by atoms with van der Waals surface area (Å²) < 4.78 is 11.1. The van der Waals surface area contributed by atoms with Crippen molar-refractivity contribution in [3.05, 3.63) is 30.1 Å². The van der Waals surface area contributed by atoms with Gasteiger partial charge in [-0.3, -0.25) is 0 Å². The topological polar surface area (TPSA) is 59.2 Å². The Morgan fingerprint density at radius 3 is 3.05 bits per heavy atom. The number of imidazole rings is 1. The van der Waals surface area contributed by atoms with E-state index < -0.39 is 0 Å². The first-order valence-electron chi connectivity index (χ1n) is 7.51. The highest BCUT2D eigenvalue weighted by molar-refractivity contribution is 5.64. The number of nitrogens with one attached hydrogen (secondary N) is 2. The summed E-state index contributed by atoms with van der Waals surface area (Å²) in [7, 11) is 0. The zero-order chi connectivity index (χ0) is 14.5. The number of benzene rings is 1. The summed E-state index contributed by atoms with van der Waals surface area (Å²) in [6.07, 6.45) is 7.28. The number of aromatic amines is 1. The van der Waals surface area contributed by atoms with Crippen LogP contribution in [0.1, 0.15) is 31.7 Å². The summed E-state index contributed by atoms with van der Waals surface area (Å²) in [4.78, 5) is 7.43. The van der Waals surface area contributed by atoms with Gasteiger partial charge in [0.15, 0.2) is 11.5 Å². The highest BCUT2D eigenvalue weighted by Crippen LogP contribution is 2.39. The molecule has 0 radical (unpaired) electrons. The van der Waals surface area contributed by atoms with Crippen molar-refractivity contribution in [1.82, 2.24) is 15.3 Å². The Morgan fingerprint density at radius 1 is 1.29 bits per heavy atom. The lowest BCUT2D eigenvalue weighted by Crippen LogP contribution is -2.15. The maximum absolute atomic E-state index is 5.59. The lowest BCUT2D eigenvalue weighted by Gasteiger charge is -2.09. The Labute approximate surface area is 124 Å². The van der Waals surface area contributed by atoms with Crippen molar-refractivity contribution in [2.24, 2.45) is 0 Å². The number of hydrogen-bond donors (Lipinski definition) is 2. The van der Waals surface area contributed by atoms with E-state index in [4.69, 9.17) is 9.47 Å². The lowest BCUT2D eigenvalue weighted by atomic mass is 10.1. The summed E-state index contributed by atoms with van der Waals surface area (Å²) in [5.74, 6) is 2.50. The van der Waals surface area contributed by atoms with Gasteiger partial charge in [-0.15, -0.1) is 0 Å². The zero-order valence-corrected chi connectivity index (χ0v) is 12.3. The third-order valence-corrected chi connectivity index (χ3v) is 3.59. The molecule has 2 N–H and O–H groups in total. The monoisotopic (exact) mass is 287 g/mol. The fourth-order valence-corrected chi connectivity index (χ4v) is 2.50. The van der Waals surface area contributed by atoms with Gasteiger partial charge in [-0.25, -0.2) is 4.98 Å². The van der Waals surface area contributed by atoms with E-state index in [1.807, 2.05) is 12.3 Å². The average molecular weight is 287 g/mol. The van der Waals surface area contributed by atoms with Gasteiger partial charge in [0.2, 0.25) is 6.79 Å². The normalized spacial score (nSPS) is 12.8. The quantitative estimate of drug-likeness (QED) is 0.768. The molecule has 0 saturated carbocycles. The number of nitrogens with zero attached hydrogens (tertiary/aromatic N) is 1. The summed E-state index contributed by atoms with van der Waals surface area (Å²) in [5.41, 5.74) is 2.14. The second kappa shape index (κ2) is 6.63. The molecule has 2 aromatic rings. The molecule has 0 atom stereocenters. The van der Waals surface area contributed by atoms with Gasteiger partial charge in [-0.1, -0.05) is 19.8 Å². The maximum atomic E-state index is 5.59. The second-order valence-electron chi connectivity index (χ2n) is 5.19. The number of fused-ring (bicyclic) bond motifs is 1. The van der Waals surface area contributed by atoms with Crippen LogP contribution < -0.4 is 14.8 Å². The maximum Gasteiger partial charge on any atom is 0.231 e. The van der Waals surface area contributed by atoms with Crippen molar-refractivity contribution < 1.29 is 9.47 Å². The van der Waals surface area contributed by atoms with Gasteiger partial charge in [0.1, 0.15) is 5.82 Å². The molecule has 0 unspecified atom stereocenters. The van der Waals surface area contributed by atoms with E-state index >= 15 is 0 Å². The van der Waals surface area contributed by atoms with Gasteiger partial charge in [0.25, 0.3) is 0 Å². The van der Waals surface area contributed by atoms with Crippen molar-refractivity contribution in [2.45, 2.75) is 32.7 Å². The molecule has 1 aromatic heterocycles. The van der Waals surface area contributed by atoms with Crippen LogP contribution in [0, 0.1) is 0 Å². The van der Waals surface area contributed by atoms with E-state index in [0.29, 0.717) is 6.79 Å². The highest BCUT2D eigenvalue weighted by atomic mass is 16.7. The van der Waals surface area contributed by atoms with Crippen LogP contribution in [-0.2, 0) is 6.54 Å². The number of H-pyrrole nitrogens is 1. The van der Waals surface area contributed by atoms with Crippen molar-refractivity contribution in [3.63, 3.8) is 0 Å². The van der Waals surface area contributed by atoms with Gasteiger partial charge in [0, 0.05) is 30.1 Å². The first-order chi connectivity index (χ1) is 10.4. The van der Waals surface area contributed by atoms with Crippen LogP contribution in [0.2, 0.25) is 0 Å². The molecule has 3 rings (SSSR count). The SMILES string of the molecule is CCCCCNCc1cc(-c2ncc[nH]2)cc2c1OCO2. The minimum absolute atomic E-state index is 0.291. The molecular weight excluding hydrogens is 266 g/mol. The van der Waals surface area contributed by atoms with Crippen LogP contribution in [0.3, 0.4) is 0 Å². The Kier molecular flexibility index (Phi) is 4.40. The molecule has 0 amide bonds. The third kappa shape index (κ3) is 3.19. The molecule has 0 spiro atoms. The van der Waals surface area contributed by atoms with Gasteiger partial charge in [-0.2, -0.15) is 0 Å². The minimum Gasteiger partial charge on any atom is -0.454 e. The Morgan fingerprint density at radius 2 is 2.24 bits per heavy atom. The Hall–Kier alpha value is -2.01. The summed E-state index contributed by atoms with van der Waals surface area (Å²) in [6, 6.07) is 4.08. The molecule has 112 valence electrons. The van der Waals surface area contributed by atoms with E-state index in [1.54, 1.807) is 6.20 Å². The van der Waals surface area contributed by atoms with Gasteiger partial charge < -0.3 is 19.8 Å².